The van der Waals surface area contributed by atoms with Crippen molar-refractivity contribution in [2.75, 3.05) is 0 Å². The number of carbonyl (C=O) groups excluding carboxylic acids is 1. The van der Waals surface area contributed by atoms with Crippen molar-refractivity contribution in [1.82, 2.24) is 0 Å². The van der Waals surface area contributed by atoms with E-state index in [-0.39, 0.29) is 11.4 Å². The van der Waals surface area contributed by atoms with E-state index in [1.54, 1.807) is 6.92 Å². The molecule has 0 aromatic heterocycles. The molecule has 17 heavy (non-hydrogen) atoms. The van der Waals surface area contributed by atoms with E-state index >= 15 is 0 Å². The van der Waals surface area contributed by atoms with Gasteiger partial charge in [0.25, 0.3) is 0 Å². The molecule has 0 radical (unpaired) electrons. The van der Waals surface area contributed by atoms with E-state index in [4.69, 9.17) is 4.74 Å². The molecule has 1 aromatic carbocycles. The van der Waals surface area contributed by atoms with Crippen molar-refractivity contribution in [3.05, 3.63) is 47.5 Å². The van der Waals surface area contributed by atoms with Crippen molar-refractivity contribution in [3.8, 4) is 0 Å². The first-order chi connectivity index (χ1) is 7.80. The molecule has 1 rings (SSSR count). The summed E-state index contributed by atoms with van der Waals surface area (Å²) >= 11 is 0. The van der Waals surface area contributed by atoms with Gasteiger partial charge in [-0.05, 0) is 23.5 Å². The number of hydrogen-bond donors (Lipinski definition) is 0. The van der Waals surface area contributed by atoms with Crippen molar-refractivity contribution < 1.29 is 9.53 Å². The quantitative estimate of drug-likeness (QED) is 0.588. The first-order valence-corrected chi connectivity index (χ1v) is 5.73. The third kappa shape index (κ3) is 4.06. The van der Waals surface area contributed by atoms with Crippen LogP contribution in [0.25, 0.3) is 0 Å². The highest BCUT2D eigenvalue weighted by molar-refractivity contribution is 5.86. The van der Waals surface area contributed by atoms with Gasteiger partial charge in [-0.25, -0.2) is 4.79 Å². The van der Waals surface area contributed by atoms with Gasteiger partial charge in [0.15, 0.2) is 0 Å². The van der Waals surface area contributed by atoms with Gasteiger partial charge in [0, 0.05) is 5.57 Å². The number of carbonyl (C=O) groups is 1. The van der Waals surface area contributed by atoms with Crippen LogP contribution in [0.4, 0.5) is 0 Å². The average molecular weight is 232 g/mol. The topological polar surface area (TPSA) is 26.3 Å². The zero-order valence-electron chi connectivity index (χ0n) is 11.0. The molecule has 1 aromatic rings. The summed E-state index contributed by atoms with van der Waals surface area (Å²) < 4.78 is 5.08. The lowest BCUT2D eigenvalue weighted by Crippen LogP contribution is -2.11. The smallest absolute Gasteiger partial charge is 0.333 e. The summed E-state index contributed by atoms with van der Waals surface area (Å²) in [6.07, 6.45) is 0. The molecule has 0 bridgehead atoms. The van der Waals surface area contributed by atoms with Gasteiger partial charge in [-0.1, -0.05) is 51.6 Å². The molecule has 0 amide bonds. The van der Waals surface area contributed by atoms with Crippen LogP contribution in [-0.4, -0.2) is 5.97 Å². The molecule has 0 saturated heterocycles. The average Bonchev–Trinajstić information content (AvgIpc) is 2.25. The molecule has 0 N–H and O–H groups in total. The zero-order valence-corrected chi connectivity index (χ0v) is 11.0. The minimum atomic E-state index is -0.343. The molecule has 92 valence electrons. The van der Waals surface area contributed by atoms with E-state index in [0.717, 1.165) is 5.56 Å². The maximum absolute atomic E-state index is 11.2. The predicted octanol–water partition coefficient (Wildman–Crippen LogP) is 3.60. The largest absolute Gasteiger partial charge is 0.457 e. The number of esters is 1. The van der Waals surface area contributed by atoms with Gasteiger partial charge in [-0.2, -0.15) is 0 Å². The SMILES string of the molecule is C=C(C)C(=O)OCc1ccc(C(C)(C)C)cc1. The fourth-order valence-corrected chi connectivity index (χ4v) is 1.37. The number of hydrogen-bond acceptors (Lipinski definition) is 2. The number of rotatable bonds is 3. The van der Waals surface area contributed by atoms with Gasteiger partial charge in [0.1, 0.15) is 6.61 Å². The van der Waals surface area contributed by atoms with Crippen molar-refractivity contribution in [3.63, 3.8) is 0 Å². The molecule has 0 fully saturated rings. The Morgan fingerprint density at radius 1 is 1.24 bits per heavy atom. The van der Waals surface area contributed by atoms with E-state index in [1.807, 2.05) is 12.1 Å². The van der Waals surface area contributed by atoms with Crippen LogP contribution < -0.4 is 0 Å². The lowest BCUT2D eigenvalue weighted by molar-refractivity contribution is -0.140. The van der Waals surface area contributed by atoms with E-state index in [1.165, 1.54) is 5.56 Å². The predicted molar refractivity (Wildman–Crippen MR) is 69.8 cm³/mol. The molecule has 0 atom stereocenters. The Morgan fingerprint density at radius 2 is 1.76 bits per heavy atom. The Balaban J connectivity index is 2.63. The Kier molecular flexibility index (Phi) is 4.11. The van der Waals surface area contributed by atoms with Crippen LogP contribution in [0.1, 0.15) is 38.8 Å². The molecular formula is C15H20O2. The molecule has 0 aliphatic carbocycles. The molecule has 2 heteroatoms. The molecule has 0 aliphatic heterocycles. The third-order valence-corrected chi connectivity index (χ3v) is 2.54. The van der Waals surface area contributed by atoms with E-state index < -0.39 is 0 Å². The molecule has 0 heterocycles. The highest BCUT2D eigenvalue weighted by Gasteiger charge is 2.13. The normalized spacial score (nSPS) is 11.1. The zero-order chi connectivity index (χ0) is 13.1. The second kappa shape index (κ2) is 5.17. The summed E-state index contributed by atoms with van der Waals surface area (Å²) in [6.45, 7) is 12.0. The van der Waals surface area contributed by atoms with E-state index in [0.29, 0.717) is 12.2 Å². The van der Waals surface area contributed by atoms with Crippen LogP contribution in [0.3, 0.4) is 0 Å². The van der Waals surface area contributed by atoms with Gasteiger partial charge in [0.05, 0.1) is 0 Å². The first-order valence-electron chi connectivity index (χ1n) is 5.73. The third-order valence-electron chi connectivity index (χ3n) is 2.54. The van der Waals surface area contributed by atoms with Crippen LogP contribution in [0.5, 0.6) is 0 Å². The van der Waals surface area contributed by atoms with Crippen LogP contribution in [0.2, 0.25) is 0 Å². The highest BCUT2D eigenvalue weighted by atomic mass is 16.5. The summed E-state index contributed by atoms with van der Waals surface area (Å²) in [4.78, 5) is 11.2. The summed E-state index contributed by atoms with van der Waals surface area (Å²) in [5, 5.41) is 0. The second-order valence-electron chi connectivity index (χ2n) is 5.30. The summed E-state index contributed by atoms with van der Waals surface area (Å²) in [6, 6.07) is 8.13. The molecule has 0 aliphatic rings. The van der Waals surface area contributed by atoms with Crippen LogP contribution >= 0.6 is 0 Å². The van der Waals surface area contributed by atoms with Crippen molar-refractivity contribution in [2.45, 2.75) is 39.7 Å². The first kappa shape index (κ1) is 13.5. The molecule has 0 saturated carbocycles. The van der Waals surface area contributed by atoms with Gasteiger partial charge < -0.3 is 4.74 Å². The Bertz CT molecular complexity index is 408. The summed E-state index contributed by atoms with van der Waals surface area (Å²) in [5.41, 5.74) is 2.84. The maximum atomic E-state index is 11.2. The minimum Gasteiger partial charge on any atom is -0.457 e. The molecule has 2 nitrogen and oxygen atoms in total. The van der Waals surface area contributed by atoms with E-state index in [2.05, 4.69) is 39.5 Å². The monoisotopic (exact) mass is 232 g/mol. The molecular weight excluding hydrogens is 212 g/mol. The fraction of sp³-hybridized carbons (Fsp3) is 0.400. The lowest BCUT2D eigenvalue weighted by Gasteiger charge is -2.19. The lowest BCUT2D eigenvalue weighted by atomic mass is 9.87. The Morgan fingerprint density at radius 3 is 2.18 bits per heavy atom. The van der Waals surface area contributed by atoms with Gasteiger partial charge in [-0.15, -0.1) is 0 Å². The number of ether oxygens (including phenoxy) is 1. The van der Waals surface area contributed by atoms with Crippen molar-refractivity contribution in [2.24, 2.45) is 0 Å². The molecule has 0 spiro atoms. The standard InChI is InChI=1S/C15H20O2/c1-11(2)14(16)17-10-12-6-8-13(9-7-12)15(3,4)5/h6-9H,1,10H2,2-5H3. The van der Waals surface area contributed by atoms with Crippen LogP contribution in [0.15, 0.2) is 36.4 Å². The Hall–Kier alpha value is -1.57. The van der Waals surface area contributed by atoms with Gasteiger partial charge in [0.2, 0.25) is 0 Å². The van der Waals surface area contributed by atoms with Crippen molar-refractivity contribution >= 4 is 5.97 Å². The summed E-state index contributed by atoms with van der Waals surface area (Å²) in [7, 11) is 0. The minimum absolute atomic E-state index is 0.146. The maximum Gasteiger partial charge on any atom is 0.333 e. The van der Waals surface area contributed by atoms with Gasteiger partial charge >= 0.3 is 5.97 Å². The van der Waals surface area contributed by atoms with Crippen LogP contribution in [-0.2, 0) is 21.6 Å². The Labute approximate surface area is 103 Å². The molecule has 0 unspecified atom stereocenters. The van der Waals surface area contributed by atoms with Gasteiger partial charge in [-0.3, -0.25) is 0 Å². The highest BCUT2D eigenvalue weighted by Crippen LogP contribution is 2.22. The fourth-order valence-electron chi connectivity index (χ4n) is 1.37. The summed E-state index contributed by atoms with van der Waals surface area (Å²) in [5.74, 6) is -0.343. The van der Waals surface area contributed by atoms with Crippen molar-refractivity contribution in [1.29, 1.82) is 0 Å². The number of benzene rings is 1. The van der Waals surface area contributed by atoms with E-state index in [9.17, 15) is 4.79 Å². The second-order valence-corrected chi connectivity index (χ2v) is 5.30. The van der Waals surface area contributed by atoms with Crippen LogP contribution in [0, 0.1) is 0 Å².